The maximum atomic E-state index is 12.0. The van der Waals surface area contributed by atoms with E-state index in [4.69, 9.17) is 5.26 Å². The zero-order valence-electron chi connectivity index (χ0n) is 11.5. The van der Waals surface area contributed by atoms with E-state index in [1.807, 2.05) is 19.9 Å². The molecule has 0 aromatic carbocycles. The Labute approximate surface area is 113 Å². The summed E-state index contributed by atoms with van der Waals surface area (Å²) in [5, 5.41) is 20.8. The molecule has 0 fully saturated rings. The van der Waals surface area contributed by atoms with Crippen LogP contribution in [0.2, 0.25) is 0 Å². The Morgan fingerprint density at radius 3 is 2.68 bits per heavy atom. The van der Waals surface area contributed by atoms with Crippen LogP contribution in [0.4, 0.5) is 0 Å². The van der Waals surface area contributed by atoms with E-state index in [0.29, 0.717) is 23.6 Å². The van der Waals surface area contributed by atoms with Crippen LogP contribution in [-0.4, -0.2) is 28.6 Å². The Hall–Kier alpha value is -1.93. The highest BCUT2D eigenvalue weighted by Gasteiger charge is 2.15. The summed E-state index contributed by atoms with van der Waals surface area (Å²) in [6.07, 6.45) is 0.706. The Kier molecular flexibility index (Phi) is 5.46. The van der Waals surface area contributed by atoms with Gasteiger partial charge in [-0.2, -0.15) is 5.26 Å². The summed E-state index contributed by atoms with van der Waals surface area (Å²) in [5.74, 6) is 0.0559. The monoisotopic (exact) mass is 261 g/mol. The molecular formula is C14H19N3O2. The highest BCUT2D eigenvalue weighted by atomic mass is 16.3. The lowest BCUT2D eigenvalue weighted by molar-refractivity contribution is 0.0903. The molecule has 0 aliphatic heterocycles. The van der Waals surface area contributed by atoms with Crippen molar-refractivity contribution in [3.05, 3.63) is 29.1 Å². The molecule has 2 N–H and O–H groups in total. The predicted molar refractivity (Wildman–Crippen MR) is 71.5 cm³/mol. The number of rotatable bonds is 5. The number of aromatic nitrogens is 1. The molecule has 0 aliphatic carbocycles. The smallest absolute Gasteiger partial charge is 0.270 e. The van der Waals surface area contributed by atoms with Gasteiger partial charge in [-0.1, -0.05) is 13.8 Å². The van der Waals surface area contributed by atoms with Gasteiger partial charge in [-0.3, -0.25) is 4.79 Å². The molecule has 1 rings (SSSR count). The van der Waals surface area contributed by atoms with E-state index in [1.165, 1.54) is 6.07 Å². The van der Waals surface area contributed by atoms with Crippen LogP contribution in [0.15, 0.2) is 12.1 Å². The van der Waals surface area contributed by atoms with Crippen LogP contribution in [0.25, 0.3) is 0 Å². The van der Waals surface area contributed by atoms with Crippen LogP contribution in [0.3, 0.4) is 0 Å². The number of aliphatic hydroxyl groups is 1. The van der Waals surface area contributed by atoms with E-state index < -0.39 is 0 Å². The summed E-state index contributed by atoms with van der Waals surface area (Å²) >= 11 is 0. The van der Waals surface area contributed by atoms with Gasteiger partial charge >= 0.3 is 0 Å². The van der Waals surface area contributed by atoms with Crippen LogP contribution in [0.1, 0.15) is 42.0 Å². The molecule has 1 heterocycles. The summed E-state index contributed by atoms with van der Waals surface area (Å²) in [7, 11) is 0. The molecule has 0 spiro atoms. The van der Waals surface area contributed by atoms with E-state index in [-0.39, 0.29) is 24.2 Å². The van der Waals surface area contributed by atoms with Gasteiger partial charge in [0.05, 0.1) is 23.9 Å². The van der Waals surface area contributed by atoms with E-state index >= 15 is 0 Å². The Morgan fingerprint density at radius 1 is 1.53 bits per heavy atom. The lowest BCUT2D eigenvalue weighted by Crippen LogP contribution is -2.38. The van der Waals surface area contributed by atoms with Crippen LogP contribution in [-0.2, 0) is 0 Å². The molecule has 0 radical (unpaired) electrons. The second-order valence-corrected chi connectivity index (χ2v) is 4.92. The van der Waals surface area contributed by atoms with E-state index in [9.17, 15) is 9.90 Å². The number of nitriles is 1. The SMILES string of the molecule is Cc1nc(C(=O)NC(CO)CC(C)C)ccc1C#N. The third kappa shape index (κ3) is 4.34. The van der Waals surface area contributed by atoms with Crippen LogP contribution >= 0.6 is 0 Å². The van der Waals surface area contributed by atoms with Crippen molar-refractivity contribution in [1.82, 2.24) is 10.3 Å². The highest BCUT2D eigenvalue weighted by molar-refractivity contribution is 5.92. The molecule has 0 saturated heterocycles. The maximum absolute atomic E-state index is 12.0. The predicted octanol–water partition coefficient (Wildman–Crippen LogP) is 1.40. The van der Waals surface area contributed by atoms with E-state index in [2.05, 4.69) is 10.3 Å². The van der Waals surface area contributed by atoms with Crippen molar-refractivity contribution in [3.63, 3.8) is 0 Å². The number of pyridine rings is 1. The normalized spacial score (nSPS) is 12.0. The van der Waals surface area contributed by atoms with Crippen molar-refractivity contribution in [3.8, 4) is 6.07 Å². The molecule has 1 amide bonds. The molecule has 5 heteroatoms. The number of aryl methyl sites for hydroxylation is 1. The topological polar surface area (TPSA) is 86.0 Å². The van der Waals surface area contributed by atoms with E-state index in [1.54, 1.807) is 13.0 Å². The molecule has 0 aliphatic rings. The highest BCUT2D eigenvalue weighted by Crippen LogP contribution is 2.08. The van der Waals surface area contributed by atoms with Crippen molar-refractivity contribution in [1.29, 1.82) is 5.26 Å². The minimum absolute atomic E-state index is 0.0980. The van der Waals surface area contributed by atoms with Crippen LogP contribution in [0, 0.1) is 24.2 Å². The minimum Gasteiger partial charge on any atom is -0.394 e. The third-order valence-corrected chi connectivity index (χ3v) is 2.75. The maximum Gasteiger partial charge on any atom is 0.270 e. The first-order valence-electron chi connectivity index (χ1n) is 6.27. The van der Waals surface area contributed by atoms with Crippen LogP contribution in [0.5, 0.6) is 0 Å². The first kappa shape index (κ1) is 15.1. The fourth-order valence-electron chi connectivity index (χ4n) is 1.81. The van der Waals surface area contributed by atoms with Gasteiger partial charge in [0.1, 0.15) is 11.8 Å². The van der Waals surface area contributed by atoms with Gasteiger partial charge in [0.15, 0.2) is 0 Å². The van der Waals surface area contributed by atoms with Crippen molar-refractivity contribution in [2.24, 2.45) is 5.92 Å². The average Bonchev–Trinajstić information content (AvgIpc) is 2.37. The number of nitrogens with zero attached hydrogens (tertiary/aromatic N) is 2. The van der Waals surface area contributed by atoms with Gasteiger partial charge < -0.3 is 10.4 Å². The van der Waals surface area contributed by atoms with Gasteiger partial charge in [0.2, 0.25) is 0 Å². The molecule has 19 heavy (non-hydrogen) atoms. The van der Waals surface area contributed by atoms with Crippen molar-refractivity contribution < 1.29 is 9.90 Å². The Bertz CT molecular complexity index is 492. The first-order valence-corrected chi connectivity index (χ1v) is 6.27. The summed E-state index contributed by atoms with van der Waals surface area (Å²) in [6, 6.07) is 4.83. The molecular weight excluding hydrogens is 242 g/mol. The largest absolute Gasteiger partial charge is 0.394 e. The summed E-state index contributed by atoms with van der Waals surface area (Å²) in [4.78, 5) is 16.1. The lowest BCUT2D eigenvalue weighted by atomic mass is 10.0. The number of carbonyl (C=O) groups is 1. The molecule has 1 unspecified atom stereocenters. The minimum atomic E-state index is -0.327. The molecule has 0 bridgehead atoms. The molecule has 5 nitrogen and oxygen atoms in total. The quantitative estimate of drug-likeness (QED) is 0.838. The van der Waals surface area contributed by atoms with Crippen molar-refractivity contribution in [2.45, 2.75) is 33.2 Å². The number of aliphatic hydroxyl groups excluding tert-OH is 1. The zero-order chi connectivity index (χ0) is 14.4. The van der Waals surface area contributed by atoms with Crippen LogP contribution < -0.4 is 5.32 Å². The standard InChI is InChI=1S/C14H19N3O2/c1-9(2)6-12(8-18)17-14(19)13-5-4-11(7-15)10(3)16-13/h4-5,9,12,18H,6,8H2,1-3H3,(H,17,19). The fourth-order valence-corrected chi connectivity index (χ4v) is 1.81. The first-order chi connectivity index (χ1) is 8.97. The fraction of sp³-hybridized carbons (Fsp3) is 0.500. The average molecular weight is 261 g/mol. The van der Waals surface area contributed by atoms with Gasteiger partial charge in [-0.05, 0) is 31.4 Å². The number of hydrogen-bond acceptors (Lipinski definition) is 4. The summed E-state index contributed by atoms with van der Waals surface area (Å²) in [6.45, 7) is 5.64. The van der Waals surface area contributed by atoms with E-state index in [0.717, 1.165) is 0 Å². The number of carbonyl (C=O) groups excluding carboxylic acids is 1. The number of hydrogen-bond donors (Lipinski definition) is 2. The van der Waals surface area contributed by atoms with Gasteiger partial charge in [0, 0.05) is 0 Å². The third-order valence-electron chi connectivity index (χ3n) is 2.75. The Morgan fingerprint density at radius 2 is 2.21 bits per heavy atom. The van der Waals surface area contributed by atoms with Crippen molar-refractivity contribution >= 4 is 5.91 Å². The number of nitrogens with one attached hydrogen (secondary N) is 1. The van der Waals surface area contributed by atoms with Gasteiger partial charge in [-0.15, -0.1) is 0 Å². The lowest BCUT2D eigenvalue weighted by Gasteiger charge is -2.18. The summed E-state index contributed by atoms with van der Waals surface area (Å²) in [5.41, 5.74) is 1.25. The molecule has 1 atom stereocenters. The summed E-state index contributed by atoms with van der Waals surface area (Å²) < 4.78 is 0. The molecule has 102 valence electrons. The second kappa shape index (κ2) is 6.86. The van der Waals surface area contributed by atoms with Crippen molar-refractivity contribution in [2.75, 3.05) is 6.61 Å². The molecule has 1 aromatic rings. The zero-order valence-corrected chi connectivity index (χ0v) is 11.5. The van der Waals surface area contributed by atoms with Gasteiger partial charge in [0.25, 0.3) is 5.91 Å². The molecule has 0 saturated carbocycles. The van der Waals surface area contributed by atoms with Gasteiger partial charge in [-0.25, -0.2) is 4.98 Å². The second-order valence-electron chi connectivity index (χ2n) is 4.92. The molecule has 1 aromatic heterocycles. The Balaban J connectivity index is 2.78. The number of amides is 1.